The summed E-state index contributed by atoms with van der Waals surface area (Å²) in [5.41, 5.74) is 0.946. The Balaban J connectivity index is 1.91. The van der Waals surface area contributed by atoms with Crippen LogP contribution in [0, 0.1) is 13.8 Å². The quantitative estimate of drug-likeness (QED) is 0.723. The van der Waals surface area contributed by atoms with Crippen LogP contribution in [0.5, 0.6) is 0 Å². The van der Waals surface area contributed by atoms with Crippen molar-refractivity contribution in [2.45, 2.75) is 46.6 Å². The first-order valence-corrected chi connectivity index (χ1v) is 8.18. The van der Waals surface area contributed by atoms with E-state index in [0.29, 0.717) is 17.1 Å². The molecule has 0 saturated heterocycles. The molecule has 0 aromatic carbocycles. The van der Waals surface area contributed by atoms with Gasteiger partial charge in [-0.3, -0.25) is 9.36 Å². The minimum Gasteiger partial charge on any atom is -0.337 e. The van der Waals surface area contributed by atoms with Gasteiger partial charge in [-0.25, -0.2) is 4.98 Å². The summed E-state index contributed by atoms with van der Waals surface area (Å²) >= 11 is 1.55. The molecule has 0 aliphatic heterocycles. The SMILES string of the molecule is CCCCc1noc(Cn2cnc3sc(C)c(C)c3c2=O)n1. The monoisotopic (exact) mass is 318 g/mol. The van der Waals surface area contributed by atoms with Gasteiger partial charge in [0.15, 0.2) is 5.82 Å². The molecule has 0 aliphatic carbocycles. The molecule has 0 spiro atoms. The van der Waals surface area contributed by atoms with E-state index < -0.39 is 0 Å². The van der Waals surface area contributed by atoms with E-state index in [9.17, 15) is 4.79 Å². The molecular weight excluding hydrogens is 300 g/mol. The first-order valence-electron chi connectivity index (χ1n) is 7.36. The minimum atomic E-state index is -0.0554. The Bertz CT molecular complexity index is 862. The number of thiophene rings is 1. The predicted molar refractivity (Wildman–Crippen MR) is 85.4 cm³/mol. The zero-order chi connectivity index (χ0) is 15.7. The largest absolute Gasteiger partial charge is 0.337 e. The van der Waals surface area contributed by atoms with E-state index in [4.69, 9.17) is 4.52 Å². The van der Waals surface area contributed by atoms with Crippen molar-refractivity contribution in [1.29, 1.82) is 0 Å². The molecule has 6 nitrogen and oxygen atoms in total. The van der Waals surface area contributed by atoms with E-state index in [1.807, 2.05) is 13.8 Å². The number of hydrogen-bond donors (Lipinski definition) is 0. The van der Waals surface area contributed by atoms with Gasteiger partial charge in [-0.05, 0) is 25.8 Å². The summed E-state index contributed by atoms with van der Waals surface area (Å²) in [6.45, 7) is 6.34. The van der Waals surface area contributed by atoms with Gasteiger partial charge in [0.1, 0.15) is 11.4 Å². The molecule has 116 valence electrons. The molecule has 0 aliphatic rings. The number of rotatable bonds is 5. The molecule has 0 N–H and O–H groups in total. The Morgan fingerprint density at radius 3 is 2.95 bits per heavy atom. The highest BCUT2D eigenvalue weighted by molar-refractivity contribution is 7.18. The lowest BCUT2D eigenvalue weighted by atomic mass is 10.2. The molecule has 0 unspecified atom stereocenters. The predicted octanol–water partition coefficient (Wildman–Crippen LogP) is 2.85. The maximum atomic E-state index is 12.6. The van der Waals surface area contributed by atoms with Crippen LogP contribution in [0.3, 0.4) is 0 Å². The smallest absolute Gasteiger partial charge is 0.262 e. The average Bonchev–Trinajstić information content (AvgIpc) is 3.06. The molecule has 0 fully saturated rings. The first-order chi connectivity index (χ1) is 10.6. The Morgan fingerprint density at radius 2 is 2.18 bits per heavy atom. The number of aromatic nitrogens is 4. The first kappa shape index (κ1) is 14.9. The molecule has 0 atom stereocenters. The van der Waals surface area contributed by atoms with Crippen LogP contribution in [0.1, 0.15) is 41.9 Å². The number of nitrogens with zero attached hydrogens (tertiary/aromatic N) is 4. The molecule has 3 rings (SSSR count). The third-order valence-electron chi connectivity index (χ3n) is 3.73. The van der Waals surface area contributed by atoms with Crippen LogP contribution in [0.2, 0.25) is 0 Å². The maximum Gasteiger partial charge on any atom is 0.262 e. The van der Waals surface area contributed by atoms with Crippen molar-refractivity contribution in [3.63, 3.8) is 0 Å². The van der Waals surface area contributed by atoms with Crippen molar-refractivity contribution >= 4 is 21.6 Å². The van der Waals surface area contributed by atoms with Crippen molar-refractivity contribution < 1.29 is 4.52 Å². The van der Waals surface area contributed by atoms with Crippen molar-refractivity contribution in [2.75, 3.05) is 0 Å². The fourth-order valence-electron chi connectivity index (χ4n) is 2.32. The summed E-state index contributed by atoms with van der Waals surface area (Å²) < 4.78 is 6.75. The summed E-state index contributed by atoms with van der Waals surface area (Å²) in [5.74, 6) is 1.14. The molecule has 3 heterocycles. The summed E-state index contributed by atoms with van der Waals surface area (Å²) in [5, 5.41) is 4.63. The van der Waals surface area contributed by atoms with Crippen molar-refractivity contribution in [2.24, 2.45) is 0 Å². The number of fused-ring (bicyclic) bond motifs is 1. The summed E-state index contributed by atoms with van der Waals surface area (Å²) in [6, 6.07) is 0. The lowest BCUT2D eigenvalue weighted by molar-refractivity contribution is 0.364. The van der Waals surface area contributed by atoms with Gasteiger partial charge in [0.05, 0.1) is 11.7 Å². The Labute approximate surface area is 131 Å². The normalized spacial score (nSPS) is 11.4. The van der Waals surface area contributed by atoms with E-state index in [1.54, 1.807) is 17.7 Å². The van der Waals surface area contributed by atoms with Crippen LogP contribution in [0.4, 0.5) is 0 Å². The van der Waals surface area contributed by atoms with Gasteiger partial charge in [-0.2, -0.15) is 4.98 Å². The maximum absolute atomic E-state index is 12.6. The standard InChI is InChI=1S/C15H18N4O2S/c1-4-5-6-11-17-12(21-18-11)7-19-8-16-14-13(15(19)20)9(2)10(3)22-14/h8H,4-7H2,1-3H3. The lowest BCUT2D eigenvalue weighted by Gasteiger charge is -2.01. The average molecular weight is 318 g/mol. The third-order valence-corrected chi connectivity index (χ3v) is 4.84. The van der Waals surface area contributed by atoms with Crippen LogP contribution in [0.15, 0.2) is 15.6 Å². The van der Waals surface area contributed by atoms with Crippen molar-refractivity contribution in [3.05, 3.63) is 38.8 Å². The van der Waals surface area contributed by atoms with Crippen LogP contribution >= 0.6 is 11.3 Å². The highest BCUT2D eigenvalue weighted by Crippen LogP contribution is 2.25. The fraction of sp³-hybridized carbons (Fsp3) is 0.467. The highest BCUT2D eigenvalue weighted by atomic mass is 32.1. The van der Waals surface area contributed by atoms with Gasteiger partial charge in [-0.15, -0.1) is 11.3 Å². The van der Waals surface area contributed by atoms with Crippen LogP contribution in [-0.2, 0) is 13.0 Å². The molecular formula is C15H18N4O2S. The number of aryl methyl sites for hydroxylation is 3. The number of unbranched alkanes of at least 4 members (excludes halogenated alkanes) is 1. The van der Waals surface area contributed by atoms with Gasteiger partial charge in [-0.1, -0.05) is 18.5 Å². The Morgan fingerprint density at radius 1 is 1.36 bits per heavy atom. The van der Waals surface area contributed by atoms with E-state index in [-0.39, 0.29) is 12.1 Å². The molecule has 3 aromatic heterocycles. The van der Waals surface area contributed by atoms with Crippen molar-refractivity contribution in [3.8, 4) is 0 Å². The molecule has 0 bridgehead atoms. The Hall–Kier alpha value is -2.02. The van der Waals surface area contributed by atoms with Crippen molar-refractivity contribution in [1.82, 2.24) is 19.7 Å². The second kappa shape index (κ2) is 6.00. The second-order valence-corrected chi connectivity index (χ2v) is 6.55. The summed E-state index contributed by atoms with van der Waals surface area (Å²) in [4.78, 5) is 23.2. The molecule has 7 heteroatoms. The highest BCUT2D eigenvalue weighted by Gasteiger charge is 2.14. The molecule has 0 radical (unpaired) electrons. The topological polar surface area (TPSA) is 73.8 Å². The van der Waals surface area contributed by atoms with Gasteiger partial charge >= 0.3 is 0 Å². The zero-order valence-corrected chi connectivity index (χ0v) is 13.7. The molecule has 22 heavy (non-hydrogen) atoms. The van der Waals surface area contributed by atoms with Gasteiger partial charge in [0.2, 0.25) is 5.89 Å². The summed E-state index contributed by atoms with van der Waals surface area (Å²) in [7, 11) is 0. The molecule has 0 saturated carbocycles. The lowest BCUT2D eigenvalue weighted by Crippen LogP contribution is -2.21. The molecule has 3 aromatic rings. The Kier molecular flexibility index (Phi) is 4.06. The van der Waals surface area contributed by atoms with E-state index >= 15 is 0 Å². The van der Waals surface area contributed by atoms with Gasteiger partial charge < -0.3 is 4.52 Å². The van der Waals surface area contributed by atoms with E-state index in [1.165, 1.54) is 4.57 Å². The fourth-order valence-corrected chi connectivity index (χ4v) is 3.31. The minimum absolute atomic E-state index is 0.0554. The summed E-state index contributed by atoms with van der Waals surface area (Å²) in [6.07, 6.45) is 4.46. The van der Waals surface area contributed by atoms with Crippen LogP contribution < -0.4 is 5.56 Å². The van der Waals surface area contributed by atoms with E-state index in [0.717, 1.165) is 34.5 Å². The molecule has 0 amide bonds. The van der Waals surface area contributed by atoms with E-state index in [2.05, 4.69) is 22.0 Å². The van der Waals surface area contributed by atoms with Crippen LogP contribution in [0.25, 0.3) is 10.2 Å². The second-order valence-electron chi connectivity index (χ2n) is 5.35. The third kappa shape index (κ3) is 2.68. The van der Waals surface area contributed by atoms with Gasteiger partial charge in [0.25, 0.3) is 5.56 Å². The van der Waals surface area contributed by atoms with Gasteiger partial charge in [0, 0.05) is 11.3 Å². The zero-order valence-electron chi connectivity index (χ0n) is 12.9. The number of hydrogen-bond acceptors (Lipinski definition) is 6. The van der Waals surface area contributed by atoms with Crippen LogP contribution in [-0.4, -0.2) is 19.7 Å².